The Morgan fingerprint density at radius 3 is 1.57 bits per heavy atom. The average Bonchev–Trinajstić information content (AvgIpc) is 2.85. The molecule has 0 radical (unpaired) electrons. The third-order valence-electron chi connectivity index (χ3n) is 6.09. The molecule has 1 nitrogen and oxygen atoms in total. The summed E-state index contributed by atoms with van der Waals surface area (Å²) in [6, 6.07) is 11.1. The molecule has 1 aromatic carbocycles. The van der Waals surface area contributed by atoms with E-state index in [1.807, 2.05) is 0 Å². The van der Waals surface area contributed by atoms with Gasteiger partial charge < -0.3 is 5.73 Å². The zero-order valence-corrected chi connectivity index (χ0v) is 13.4. The Morgan fingerprint density at radius 2 is 1.10 bits per heavy atom. The standard InChI is InChI=1S/C20H31N/c21-20(18-13-7-3-8-14-18,19-15-9-4-10-16-19)17-11-5-1-2-6-12-17/h3,7-8,13-14,17,19H,1-2,4-6,9-12,15-16,21H2. The molecule has 2 aliphatic carbocycles. The van der Waals surface area contributed by atoms with Gasteiger partial charge in [0.05, 0.1) is 0 Å². The van der Waals surface area contributed by atoms with E-state index >= 15 is 0 Å². The minimum Gasteiger partial charge on any atom is -0.321 e. The summed E-state index contributed by atoms with van der Waals surface area (Å²) in [5, 5.41) is 0. The predicted octanol–water partition coefficient (Wildman–Crippen LogP) is 5.39. The Hall–Kier alpha value is -0.820. The fourth-order valence-corrected chi connectivity index (χ4v) is 4.87. The molecule has 0 saturated heterocycles. The van der Waals surface area contributed by atoms with Crippen LogP contribution in [0.15, 0.2) is 30.3 Å². The van der Waals surface area contributed by atoms with Crippen LogP contribution in [-0.4, -0.2) is 0 Å². The van der Waals surface area contributed by atoms with E-state index in [4.69, 9.17) is 5.73 Å². The van der Waals surface area contributed by atoms with Crippen molar-refractivity contribution >= 4 is 0 Å². The van der Waals surface area contributed by atoms with Crippen molar-refractivity contribution in [1.82, 2.24) is 0 Å². The molecule has 0 heterocycles. The second-order valence-electron chi connectivity index (χ2n) is 7.32. The van der Waals surface area contributed by atoms with Gasteiger partial charge in [0, 0.05) is 5.54 Å². The van der Waals surface area contributed by atoms with E-state index < -0.39 is 0 Å². The minimum atomic E-state index is -0.0774. The molecule has 2 N–H and O–H groups in total. The van der Waals surface area contributed by atoms with Gasteiger partial charge in [-0.05, 0) is 43.1 Å². The Morgan fingerprint density at radius 1 is 0.667 bits per heavy atom. The quantitative estimate of drug-likeness (QED) is 0.740. The fraction of sp³-hybridized carbons (Fsp3) is 0.700. The van der Waals surface area contributed by atoms with Crippen molar-refractivity contribution in [3.63, 3.8) is 0 Å². The Kier molecular flexibility index (Phi) is 5.00. The van der Waals surface area contributed by atoms with Crippen LogP contribution in [0.3, 0.4) is 0 Å². The smallest absolute Gasteiger partial charge is 0.0466 e. The van der Waals surface area contributed by atoms with Crippen LogP contribution in [0, 0.1) is 11.8 Å². The lowest BCUT2D eigenvalue weighted by molar-refractivity contribution is 0.120. The van der Waals surface area contributed by atoms with Crippen LogP contribution >= 0.6 is 0 Å². The molecule has 0 amide bonds. The van der Waals surface area contributed by atoms with E-state index in [9.17, 15) is 0 Å². The number of hydrogen-bond acceptors (Lipinski definition) is 1. The maximum absolute atomic E-state index is 7.24. The average molecular weight is 285 g/mol. The van der Waals surface area contributed by atoms with Crippen molar-refractivity contribution in [2.45, 2.75) is 76.2 Å². The van der Waals surface area contributed by atoms with Crippen molar-refractivity contribution in [3.05, 3.63) is 35.9 Å². The molecule has 1 atom stereocenters. The number of benzene rings is 1. The van der Waals surface area contributed by atoms with Crippen LogP contribution in [0.2, 0.25) is 0 Å². The second kappa shape index (κ2) is 6.96. The van der Waals surface area contributed by atoms with E-state index in [2.05, 4.69) is 30.3 Å². The SMILES string of the molecule is NC(c1ccccc1)(C1CCCCCC1)C1CCCCC1. The summed E-state index contributed by atoms with van der Waals surface area (Å²) >= 11 is 0. The van der Waals surface area contributed by atoms with Crippen LogP contribution in [0.25, 0.3) is 0 Å². The molecule has 0 aromatic heterocycles. The monoisotopic (exact) mass is 285 g/mol. The van der Waals surface area contributed by atoms with Crippen LogP contribution in [-0.2, 0) is 5.54 Å². The third kappa shape index (κ3) is 3.18. The first-order valence-corrected chi connectivity index (χ1v) is 9.16. The Balaban J connectivity index is 1.92. The zero-order chi connectivity index (χ0) is 14.5. The maximum atomic E-state index is 7.24. The topological polar surface area (TPSA) is 26.0 Å². The van der Waals surface area contributed by atoms with Crippen LogP contribution in [0.4, 0.5) is 0 Å². The molecule has 2 saturated carbocycles. The molecular formula is C20H31N. The molecule has 0 bridgehead atoms. The lowest BCUT2D eigenvalue weighted by Gasteiger charge is -2.46. The summed E-state index contributed by atoms with van der Waals surface area (Å²) in [5.41, 5.74) is 8.57. The molecule has 0 spiro atoms. The summed E-state index contributed by atoms with van der Waals surface area (Å²) in [6.07, 6.45) is 15.1. The first kappa shape index (κ1) is 15.1. The number of rotatable bonds is 3. The highest BCUT2D eigenvalue weighted by atomic mass is 14.8. The fourth-order valence-electron chi connectivity index (χ4n) is 4.87. The first-order valence-electron chi connectivity index (χ1n) is 9.16. The molecule has 2 fully saturated rings. The summed E-state index contributed by atoms with van der Waals surface area (Å²) in [4.78, 5) is 0. The van der Waals surface area contributed by atoms with Crippen molar-refractivity contribution in [1.29, 1.82) is 0 Å². The molecule has 3 rings (SSSR count). The molecule has 1 unspecified atom stereocenters. The van der Waals surface area contributed by atoms with Crippen LogP contribution < -0.4 is 5.73 Å². The normalized spacial score (nSPS) is 25.2. The lowest BCUT2D eigenvalue weighted by atomic mass is 9.63. The van der Waals surface area contributed by atoms with Gasteiger partial charge >= 0.3 is 0 Å². The molecular weight excluding hydrogens is 254 g/mol. The van der Waals surface area contributed by atoms with E-state index in [1.54, 1.807) is 0 Å². The lowest BCUT2D eigenvalue weighted by Crippen LogP contribution is -2.51. The van der Waals surface area contributed by atoms with E-state index in [-0.39, 0.29) is 5.54 Å². The highest BCUT2D eigenvalue weighted by Gasteiger charge is 2.43. The van der Waals surface area contributed by atoms with Gasteiger partial charge in [-0.1, -0.05) is 75.3 Å². The predicted molar refractivity (Wildman–Crippen MR) is 90.1 cm³/mol. The molecule has 21 heavy (non-hydrogen) atoms. The molecule has 116 valence electrons. The summed E-state index contributed by atoms with van der Waals surface area (Å²) in [6.45, 7) is 0. The number of hydrogen-bond donors (Lipinski definition) is 1. The molecule has 0 aliphatic heterocycles. The molecule has 1 aromatic rings. The first-order chi connectivity index (χ1) is 10.3. The van der Waals surface area contributed by atoms with Gasteiger partial charge in [0.15, 0.2) is 0 Å². The largest absolute Gasteiger partial charge is 0.321 e. The third-order valence-corrected chi connectivity index (χ3v) is 6.09. The van der Waals surface area contributed by atoms with Gasteiger partial charge in [-0.3, -0.25) is 0 Å². The van der Waals surface area contributed by atoms with Crippen LogP contribution in [0.5, 0.6) is 0 Å². The van der Waals surface area contributed by atoms with Gasteiger partial charge in [-0.2, -0.15) is 0 Å². The van der Waals surface area contributed by atoms with Gasteiger partial charge in [0.1, 0.15) is 0 Å². The van der Waals surface area contributed by atoms with Crippen LogP contribution in [0.1, 0.15) is 76.2 Å². The van der Waals surface area contributed by atoms with Crippen molar-refractivity contribution < 1.29 is 0 Å². The van der Waals surface area contributed by atoms with Crippen molar-refractivity contribution in [2.75, 3.05) is 0 Å². The van der Waals surface area contributed by atoms with E-state index in [0.29, 0.717) is 11.8 Å². The van der Waals surface area contributed by atoms with Crippen molar-refractivity contribution in [2.24, 2.45) is 17.6 Å². The van der Waals surface area contributed by atoms with Crippen molar-refractivity contribution in [3.8, 4) is 0 Å². The summed E-state index contributed by atoms with van der Waals surface area (Å²) in [5.74, 6) is 1.38. The van der Waals surface area contributed by atoms with Gasteiger partial charge in [-0.25, -0.2) is 0 Å². The Labute approximate surface area is 130 Å². The van der Waals surface area contributed by atoms with Gasteiger partial charge in [0.25, 0.3) is 0 Å². The second-order valence-corrected chi connectivity index (χ2v) is 7.32. The summed E-state index contributed by atoms with van der Waals surface area (Å²) < 4.78 is 0. The van der Waals surface area contributed by atoms with E-state index in [1.165, 1.54) is 76.2 Å². The van der Waals surface area contributed by atoms with Gasteiger partial charge in [0.2, 0.25) is 0 Å². The highest BCUT2D eigenvalue weighted by molar-refractivity contribution is 5.26. The highest BCUT2D eigenvalue weighted by Crippen LogP contribution is 2.46. The molecule has 2 aliphatic rings. The zero-order valence-electron chi connectivity index (χ0n) is 13.4. The van der Waals surface area contributed by atoms with Gasteiger partial charge in [-0.15, -0.1) is 0 Å². The Bertz CT molecular complexity index is 413. The summed E-state index contributed by atoms with van der Waals surface area (Å²) in [7, 11) is 0. The number of nitrogens with two attached hydrogens (primary N) is 1. The maximum Gasteiger partial charge on any atom is 0.0466 e. The van der Waals surface area contributed by atoms with E-state index in [0.717, 1.165) is 0 Å². The minimum absolute atomic E-state index is 0.0774. The molecule has 1 heteroatoms.